The number of hydrogen-bond donors (Lipinski definition) is 1. The zero-order chi connectivity index (χ0) is 9.68. The van der Waals surface area contributed by atoms with Gasteiger partial charge in [-0.3, -0.25) is 0 Å². The number of aryl methyl sites for hydroxylation is 1. The Bertz CT molecular complexity index is 305. The zero-order valence-electron chi connectivity index (χ0n) is 7.95. The van der Waals surface area contributed by atoms with E-state index in [1.54, 1.807) is 7.11 Å². The van der Waals surface area contributed by atoms with Gasteiger partial charge in [-0.05, 0) is 30.2 Å². The molecule has 0 unspecified atom stereocenters. The summed E-state index contributed by atoms with van der Waals surface area (Å²) in [5, 5.41) is 0. The van der Waals surface area contributed by atoms with Crippen LogP contribution < -0.4 is 4.74 Å². The standard InChI is InChI=1S/C11H14OS/c1-9-8-11(12-2)6-5-10(9)4-3-7-13/h3-6,8,13H,7H2,1-2H3. The molecule has 0 N–H and O–H groups in total. The molecular formula is C11H14OS. The van der Waals surface area contributed by atoms with E-state index in [1.165, 1.54) is 11.1 Å². The van der Waals surface area contributed by atoms with Crippen molar-refractivity contribution in [1.82, 2.24) is 0 Å². The normalized spacial score (nSPS) is 10.7. The Labute approximate surface area is 84.8 Å². The molecule has 70 valence electrons. The van der Waals surface area contributed by atoms with E-state index in [4.69, 9.17) is 4.74 Å². The van der Waals surface area contributed by atoms with Crippen LogP contribution in [0.15, 0.2) is 24.3 Å². The summed E-state index contributed by atoms with van der Waals surface area (Å²) in [4.78, 5) is 0. The Morgan fingerprint density at radius 2 is 2.23 bits per heavy atom. The van der Waals surface area contributed by atoms with Gasteiger partial charge < -0.3 is 4.74 Å². The van der Waals surface area contributed by atoms with E-state index in [-0.39, 0.29) is 0 Å². The molecule has 0 saturated heterocycles. The molecule has 0 aromatic heterocycles. The first-order valence-corrected chi connectivity index (χ1v) is 4.83. The van der Waals surface area contributed by atoms with E-state index in [2.05, 4.69) is 25.6 Å². The summed E-state index contributed by atoms with van der Waals surface area (Å²) < 4.78 is 5.12. The molecule has 0 fully saturated rings. The van der Waals surface area contributed by atoms with Gasteiger partial charge in [-0.1, -0.05) is 18.2 Å². The molecule has 0 heterocycles. The Kier molecular flexibility index (Phi) is 3.90. The Morgan fingerprint density at radius 1 is 1.46 bits per heavy atom. The van der Waals surface area contributed by atoms with Gasteiger partial charge >= 0.3 is 0 Å². The highest BCUT2D eigenvalue weighted by Gasteiger charge is 1.95. The van der Waals surface area contributed by atoms with E-state index in [9.17, 15) is 0 Å². The first kappa shape index (κ1) is 10.2. The van der Waals surface area contributed by atoms with Crippen molar-refractivity contribution < 1.29 is 4.74 Å². The second-order valence-corrected chi connectivity index (χ2v) is 3.17. The van der Waals surface area contributed by atoms with Crippen LogP contribution in [-0.4, -0.2) is 12.9 Å². The van der Waals surface area contributed by atoms with Crippen LogP contribution in [0.2, 0.25) is 0 Å². The summed E-state index contributed by atoms with van der Waals surface area (Å²) in [6, 6.07) is 6.04. The van der Waals surface area contributed by atoms with Crippen LogP contribution in [0.3, 0.4) is 0 Å². The average Bonchev–Trinajstić information content (AvgIpc) is 2.16. The Balaban J connectivity index is 2.91. The SMILES string of the molecule is COc1ccc(C=CCS)c(C)c1. The number of methoxy groups -OCH3 is 1. The Hall–Kier alpha value is -0.890. The lowest BCUT2D eigenvalue weighted by atomic mass is 10.1. The smallest absolute Gasteiger partial charge is 0.119 e. The summed E-state index contributed by atoms with van der Waals surface area (Å²) in [7, 11) is 1.68. The summed E-state index contributed by atoms with van der Waals surface area (Å²) in [6.45, 7) is 2.07. The molecule has 0 aliphatic rings. The van der Waals surface area contributed by atoms with Gasteiger partial charge in [0, 0.05) is 5.75 Å². The third-order valence-electron chi connectivity index (χ3n) is 1.88. The lowest BCUT2D eigenvalue weighted by molar-refractivity contribution is 0.414. The van der Waals surface area contributed by atoms with Crippen molar-refractivity contribution in [2.45, 2.75) is 6.92 Å². The highest BCUT2D eigenvalue weighted by atomic mass is 32.1. The zero-order valence-corrected chi connectivity index (χ0v) is 8.84. The van der Waals surface area contributed by atoms with Gasteiger partial charge in [-0.15, -0.1) is 0 Å². The van der Waals surface area contributed by atoms with Crippen molar-refractivity contribution in [2.24, 2.45) is 0 Å². The highest BCUT2D eigenvalue weighted by Crippen LogP contribution is 2.17. The molecule has 1 nitrogen and oxygen atoms in total. The van der Waals surface area contributed by atoms with Gasteiger partial charge in [-0.25, -0.2) is 0 Å². The summed E-state index contributed by atoms with van der Waals surface area (Å²) in [5.41, 5.74) is 2.44. The topological polar surface area (TPSA) is 9.23 Å². The minimum absolute atomic E-state index is 0.769. The lowest BCUT2D eigenvalue weighted by Gasteiger charge is -2.03. The molecule has 0 saturated carbocycles. The van der Waals surface area contributed by atoms with E-state index >= 15 is 0 Å². The van der Waals surface area contributed by atoms with Gasteiger partial charge in [-0.2, -0.15) is 12.6 Å². The molecule has 1 rings (SSSR count). The second-order valence-electron chi connectivity index (χ2n) is 2.81. The molecule has 0 radical (unpaired) electrons. The van der Waals surface area contributed by atoms with Crippen LogP contribution >= 0.6 is 12.6 Å². The van der Waals surface area contributed by atoms with Crippen LogP contribution in [0, 0.1) is 6.92 Å². The van der Waals surface area contributed by atoms with Crippen LogP contribution in [-0.2, 0) is 0 Å². The average molecular weight is 194 g/mol. The highest BCUT2D eigenvalue weighted by molar-refractivity contribution is 7.80. The van der Waals surface area contributed by atoms with Crippen LogP contribution in [0.25, 0.3) is 6.08 Å². The van der Waals surface area contributed by atoms with E-state index in [0.29, 0.717) is 0 Å². The fourth-order valence-electron chi connectivity index (χ4n) is 1.14. The molecule has 1 aromatic rings. The second kappa shape index (κ2) is 4.97. The number of hydrogen-bond acceptors (Lipinski definition) is 2. The quantitative estimate of drug-likeness (QED) is 0.728. The third kappa shape index (κ3) is 2.81. The predicted octanol–water partition coefficient (Wildman–Crippen LogP) is 2.95. The summed E-state index contributed by atoms with van der Waals surface area (Å²) in [5.74, 6) is 1.67. The molecule has 0 aliphatic heterocycles. The molecule has 0 amide bonds. The van der Waals surface area contributed by atoms with Crippen LogP contribution in [0.1, 0.15) is 11.1 Å². The Morgan fingerprint density at radius 3 is 2.77 bits per heavy atom. The molecule has 0 bridgehead atoms. The molecule has 1 aromatic carbocycles. The molecule has 0 atom stereocenters. The van der Waals surface area contributed by atoms with Gasteiger partial charge in [0.25, 0.3) is 0 Å². The number of thiol groups is 1. The predicted molar refractivity (Wildman–Crippen MR) is 60.6 cm³/mol. The first-order chi connectivity index (χ1) is 6.27. The maximum atomic E-state index is 5.12. The largest absolute Gasteiger partial charge is 0.497 e. The molecule has 0 spiro atoms. The maximum absolute atomic E-state index is 5.12. The van der Waals surface area contributed by atoms with Crippen molar-refractivity contribution in [3.8, 4) is 5.75 Å². The van der Waals surface area contributed by atoms with Gasteiger partial charge in [0.15, 0.2) is 0 Å². The van der Waals surface area contributed by atoms with Crippen LogP contribution in [0.5, 0.6) is 5.75 Å². The number of ether oxygens (including phenoxy) is 1. The van der Waals surface area contributed by atoms with Gasteiger partial charge in [0.1, 0.15) is 5.75 Å². The minimum atomic E-state index is 0.769. The van der Waals surface area contributed by atoms with Crippen molar-refractivity contribution >= 4 is 18.7 Å². The lowest BCUT2D eigenvalue weighted by Crippen LogP contribution is -1.85. The molecule has 0 aliphatic carbocycles. The molecule has 2 heteroatoms. The fourth-order valence-corrected chi connectivity index (χ4v) is 1.25. The fraction of sp³-hybridized carbons (Fsp3) is 0.273. The number of benzene rings is 1. The van der Waals surface area contributed by atoms with Crippen molar-refractivity contribution in [2.75, 3.05) is 12.9 Å². The summed E-state index contributed by atoms with van der Waals surface area (Å²) >= 11 is 4.11. The monoisotopic (exact) mass is 194 g/mol. The number of rotatable bonds is 3. The van der Waals surface area contributed by atoms with E-state index < -0.39 is 0 Å². The summed E-state index contributed by atoms with van der Waals surface area (Å²) in [6.07, 6.45) is 4.10. The first-order valence-electron chi connectivity index (χ1n) is 4.20. The van der Waals surface area contributed by atoms with Gasteiger partial charge in [0.2, 0.25) is 0 Å². The maximum Gasteiger partial charge on any atom is 0.119 e. The molecular weight excluding hydrogens is 180 g/mol. The third-order valence-corrected chi connectivity index (χ3v) is 2.09. The minimum Gasteiger partial charge on any atom is -0.497 e. The van der Waals surface area contributed by atoms with Crippen molar-refractivity contribution in [1.29, 1.82) is 0 Å². The van der Waals surface area contributed by atoms with E-state index in [1.807, 2.05) is 24.3 Å². The van der Waals surface area contributed by atoms with Crippen molar-refractivity contribution in [3.63, 3.8) is 0 Å². The van der Waals surface area contributed by atoms with Crippen LogP contribution in [0.4, 0.5) is 0 Å². The van der Waals surface area contributed by atoms with Gasteiger partial charge in [0.05, 0.1) is 7.11 Å². The van der Waals surface area contributed by atoms with E-state index in [0.717, 1.165) is 11.5 Å². The molecule has 13 heavy (non-hydrogen) atoms. The van der Waals surface area contributed by atoms with Crippen molar-refractivity contribution in [3.05, 3.63) is 35.4 Å².